The van der Waals surface area contributed by atoms with Crippen LogP contribution >= 0.6 is 35.2 Å². The van der Waals surface area contributed by atoms with E-state index in [1.54, 1.807) is 11.3 Å². The van der Waals surface area contributed by atoms with Gasteiger partial charge in [-0.15, -0.1) is 11.3 Å². The Morgan fingerprint density at radius 2 is 2.10 bits per heavy atom. The summed E-state index contributed by atoms with van der Waals surface area (Å²) in [7, 11) is 0. The van der Waals surface area contributed by atoms with E-state index in [-0.39, 0.29) is 6.04 Å². The minimum atomic E-state index is 0.0204. The fourth-order valence-electron chi connectivity index (χ4n) is 2.20. The SMILES string of the molecule is CC(c1ccccc1Cl)n1c(-c2cccs2)n[nH]c1=S. The highest BCUT2D eigenvalue weighted by atomic mass is 35.5. The Morgan fingerprint density at radius 3 is 2.80 bits per heavy atom. The molecule has 0 saturated heterocycles. The van der Waals surface area contributed by atoms with Crippen LogP contribution in [0.25, 0.3) is 10.7 Å². The predicted molar refractivity (Wildman–Crippen MR) is 86.0 cm³/mol. The Morgan fingerprint density at radius 1 is 1.30 bits per heavy atom. The number of H-pyrrole nitrogens is 1. The van der Waals surface area contributed by atoms with E-state index in [0.29, 0.717) is 4.77 Å². The largest absolute Gasteiger partial charge is 0.292 e. The molecule has 3 nitrogen and oxygen atoms in total. The van der Waals surface area contributed by atoms with Gasteiger partial charge in [0.25, 0.3) is 0 Å². The lowest BCUT2D eigenvalue weighted by atomic mass is 10.1. The van der Waals surface area contributed by atoms with Gasteiger partial charge in [-0.1, -0.05) is 35.9 Å². The zero-order chi connectivity index (χ0) is 14.1. The summed E-state index contributed by atoms with van der Waals surface area (Å²) in [5.41, 5.74) is 1.03. The molecule has 2 aromatic heterocycles. The molecule has 3 rings (SSSR count). The highest BCUT2D eigenvalue weighted by Gasteiger charge is 2.18. The number of hydrogen-bond acceptors (Lipinski definition) is 3. The van der Waals surface area contributed by atoms with Crippen LogP contribution < -0.4 is 0 Å². The molecular weight excluding hydrogens is 310 g/mol. The van der Waals surface area contributed by atoms with Gasteiger partial charge in [0.1, 0.15) is 0 Å². The van der Waals surface area contributed by atoms with Crippen molar-refractivity contribution in [2.75, 3.05) is 0 Å². The van der Waals surface area contributed by atoms with Gasteiger partial charge < -0.3 is 0 Å². The number of halogens is 1. The van der Waals surface area contributed by atoms with E-state index in [1.807, 2.05) is 46.3 Å². The number of aromatic amines is 1. The van der Waals surface area contributed by atoms with Gasteiger partial charge in [-0.2, -0.15) is 5.10 Å². The molecule has 0 aliphatic carbocycles. The Labute approximate surface area is 130 Å². The third kappa shape index (κ3) is 2.32. The van der Waals surface area contributed by atoms with Gasteiger partial charge in [-0.3, -0.25) is 9.67 Å². The third-order valence-corrected chi connectivity index (χ3v) is 4.69. The summed E-state index contributed by atoms with van der Waals surface area (Å²) in [6.45, 7) is 2.07. The van der Waals surface area contributed by atoms with Crippen LogP contribution in [-0.4, -0.2) is 14.8 Å². The van der Waals surface area contributed by atoms with Gasteiger partial charge in [0, 0.05) is 5.02 Å². The minimum Gasteiger partial charge on any atom is -0.292 e. The standard InChI is InChI=1S/C14H12ClN3S2/c1-9(10-5-2-3-6-11(10)15)18-13(16-17-14(18)19)12-7-4-8-20-12/h2-9H,1H3,(H,17,19). The predicted octanol–water partition coefficient (Wildman–Crippen LogP) is 4.93. The van der Waals surface area contributed by atoms with Crippen molar-refractivity contribution < 1.29 is 0 Å². The quantitative estimate of drug-likeness (QED) is 0.694. The van der Waals surface area contributed by atoms with Crippen molar-refractivity contribution in [3.05, 3.63) is 57.1 Å². The number of rotatable bonds is 3. The van der Waals surface area contributed by atoms with Crippen molar-refractivity contribution in [2.24, 2.45) is 0 Å². The number of nitrogens with one attached hydrogen (secondary N) is 1. The molecule has 1 atom stereocenters. The van der Waals surface area contributed by atoms with Gasteiger partial charge in [-0.05, 0) is 42.2 Å². The molecule has 20 heavy (non-hydrogen) atoms. The molecular formula is C14H12ClN3S2. The Balaban J connectivity index is 2.14. The number of thiophene rings is 1. The van der Waals surface area contributed by atoms with Crippen LogP contribution in [0.3, 0.4) is 0 Å². The van der Waals surface area contributed by atoms with Gasteiger partial charge in [0.2, 0.25) is 0 Å². The van der Waals surface area contributed by atoms with E-state index in [4.69, 9.17) is 23.8 Å². The second-order valence-electron chi connectivity index (χ2n) is 4.40. The first-order valence-corrected chi connectivity index (χ1v) is 7.80. The number of aromatic nitrogens is 3. The Hall–Kier alpha value is -1.43. The van der Waals surface area contributed by atoms with Crippen LogP contribution in [0.1, 0.15) is 18.5 Å². The fourth-order valence-corrected chi connectivity index (χ4v) is 3.49. The van der Waals surface area contributed by atoms with Crippen LogP contribution in [0.2, 0.25) is 5.02 Å². The van der Waals surface area contributed by atoms with E-state index in [9.17, 15) is 0 Å². The summed E-state index contributed by atoms with van der Waals surface area (Å²) in [5.74, 6) is 0.845. The number of benzene rings is 1. The van der Waals surface area contributed by atoms with Crippen LogP contribution in [0.4, 0.5) is 0 Å². The molecule has 102 valence electrons. The zero-order valence-corrected chi connectivity index (χ0v) is 13.1. The van der Waals surface area contributed by atoms with Crippen molar-refractivity contribution in [1.82, 2.24) is 14.8 Å². The van der Waals surface area contributed by atoms with Crippen LogP contribution in [-0.2, 0) is 0 Å². The van der Waals surface area contributed by atoms with Crippen LogP contribution in [0.5, 0.6) is 0 Å². The third-order valence-electron chi connectivity index (χ3n) is 3.19. The summed E-state index contributed by atoms with van der Waals surface area (Å²) < 4.78 is 2.60. The lowest BCUT2D eigenvalue weighted by Gasteiger charge is -2.16. The monoisotopic (exact) mass is 321 g/mol. The first-order valence-electron chi connectivity index (χ1n) is 6.13. The molecule has 6 heteroatoms. The van der Waals surface area contributed by atoms with Gasteiger partial charge >= 0.3 is 0 Å². The zero-order valence-electron chi connectivity index (χ0n) is 10.7. The summed E-state index contributed by atoms with van der Waals surface area (Å²) in [4.78, 5) is 1.08. The molecule has 2 heterocycles. The summed E-state index contributed by atoms with van der Waals surface area (Å²) >= 11 is 13.3. The van der Waals surface area contributed by atoms with E-state index in [2.05, 4.69) is 17.1 Å². The summed E-state index contributed by atoms with van der Waals surface area (Å²) in [6, 6.07) is 11.9. The molecule has 0 spiro atoms. The molecule has 1 aromatic carbocycles. The first kappa shape index (κ1) is 13.5. The van der Waals surface area contributed by atoms with Crippen molar-refractivity contribution in [2.45, 2.75) is 13.0 Å². The topological polar surface area (TPSA) is 33.6 Å². The van der Waals surface area contributed by atoms with E-state index >= 15 is 0 Å². The maximum atomic E-state index is 6.29. The maximum absolute atomic E-state index is 6.29. The van der Waals surface area contributed by atoms with Crippen molar-refractivity contribution in [1.29, 1.82) is 0 Å². The smallest absolute Gasteiger partial charge is 0.196 e. The van der Waals surface area contributed by atoms with Crippen molar-refractivity contribution in [3.8, 4) is 10.7 Å². The van der Waals surface area contributed by atoms with Crippen LogP contribution in [0.15, 0.2) is 41.8 Å². The van der Waals surface area contributed by atoms with Crippen LogP contribution in [0, 0.1) is 4.77 Å². The van der Waals surface area contributed by atoms with E-state index in [0.717, 1.165) is 21.3 Å². The molecule has 3 aromatic rings. The average Bonchev–Trinajstić information content (AvgIpc) is 3.07. The molecule has 1 unspecified atom stereocenters. The summed E-state index contributed by atoms with van der Waals surface area (Å²) in [5, 5.41) is 9.98. The Bertz CT molecular complexity index is 774. The molecule has 0 radical (unpaired) electrons. The van der Waals surface area contributed by atoms with E-state index < -0.39 is 0 Å². The first-order chi connectivity index (χ1) is 9.68. The molecule has 0 saturated carbocycles. The molecule has 0 amide bonds. The Kier molecular flexibility index (Phi) is 3.74. The lowest BCUT2D eigenvalue weighted by Crippen LogP contribution is -2.09. The molecule has 1 N–H and O–H groups in total. The minimum absolute atomic E-state index is 0.0204. The summed E-state index contributed by atoms with van der Waals surface area (Å²) in [6.07, 6.45) is 0. The highest BCUT2D eigenvalue weighted by Crippen LogP contribution is 2.31. The number of hydrogen-bond donors (Lipinski definition) is 1. The normalized spacial score (nSPS) is 12.5. The van der Waals surface area contributed by atoms with Crippen molar-refractivity contribution in [3.63, 3.8) is 0 Å². The molecule has 0 aliphatic rings. The van der Waals surface area contributed by atoms with E-state index in [1.165, 1.54) is 0 Å². The highest BCUT2D eigenvalue weighted by molar-refractivity contribution is 7.71. The molecule has 0 bridgehead atoms. The fraction of sp³-hybridized carbons (Fsp3) is 0.143. The molecule has 0 aliphatic heterocycles. The number of nitrogens with zero attached hydrogens (tertiary/aromatic N) is 2. The second-order valence-corrected chi connectivity index (χ2v) is 6.14. The average molecular weight is 322 g/mol. The van der Waals surface area contributed by atoms with Gasteiger partial charge in [0.15, 0.2) is 10.6 Å². The van der Waals surface area contributed by atoms with Crippen molar-refractivity contribution >= 4 is 35.2 Å². The lowest BCUT2D eigenvalue weighted by molar-refractivity contribution is 0.636. The van der Waals surface area contributed by atoms with Gasteiger partial charge in [-0.25, -0.2) is 0 Å². The maximum Gasteiger partial charge on any atom is 0.196 e. The second kappa shape index (κ2) is 5.52. The van der Waals surface area contributed by atoms with Gasteiger partial charge in [0.05, 0.1) is 10.9 Å². The molecule has 0 fully saturated rings.